The molecule has 7 heteroatoms. The molecule has 2 aromatic heterocycles. The maximum Gasteiger partial charge on any atom is 0.260 e. The standard InChI is InChI=1S/C15H18N4O2.ClH/c1-11-13(4-9-21-11)15(20)18-14-3-2-12(10-17-14)19-7-5-16-6-8-19;/h2-4,9-10,16H,5-8H2,1H3,(H,17,18,20);1H. The fourth-order valence-corrected chi connectivity index (χ4v) is 2.37. The van der Waals surface area contributed by atoms with Crippen molar-refractivity contribution in [2.45, 2.75) is 6.92 Å². The molecule has 0 spiro atoms. The van der Waals surface area contributed by atoms with E-state index in [1.54, 1.807) is 19.2 Å². The molecule has 1 aliphatic heterocycles. The summed E-state index contributed by atoms with van der Waals surface area (Å²) in [6, 6.07) is 5.46. The average Bonchev–Trinajstić information content (AvgIpc) is 2.95. The first-order valence-electron chi connectivity index (χ1n) is 7.01. The highest BCUT2D eigenvalue weighted by molar-refractivity contribution is 6.04. The smallest absolute Gasteiger partial charge is 0.260 e. The minimum absolute atomic E-state index is 0. The first kappa shape index (κ1) is 16.3. The Bertz CT molecular complexity index is 621. The fraction of sp³-hybridized carbons (Fsp3) is 0.333. The van der Waals surface area contributed by atoms with E-state index in [0.29, 0.717) is 17.1 Å². The Morgan fingerprint density at radius 1 is 1.32 bits per heavy atom. The van der Waals surface area contributed by atoms with E-state index in [1.807, 2.05) is 12.1 Å². The van der Waals surface area contributed by atoms with Gasteiger partial charge in [-0.15, -0.1) is 12.4 Å². The number of hydrogen-bond donors (Lipinski definition) is 2. The third-order valence-corrected chi connectivity index (χ3v) is 3.58. The summed E-state index contributed by atoms with van der Waals surface area (Å²) in [4.78, 5) is 18.6. The van der Waals surface area contributed by atoms with Crippen molar-refractivity contribution in [3.8, 4) is 0 Å². The van der Waals surface area contributed by atoms with E-state index in [4.69, 9.17) is 4.42 Å². The number of anilines is 2. The van der Waals surface area contributed by atoms with Gasteiger partial charge in [-0.2, -0.15) is 0 Å². The first-order valence-corrected chi connectivity index (χ1v) is 7.01. The Hall–Kier alpha value is -2.05. The number of aryl methyl sites for hydroxylation is 1. The van der Waals surface area contributed by atoms with Gasteiger partial charge >= 0.3 is 0 Å². The van der Waals surface area contributed by atoms with Crippen LogP contribution in [0.2, 0.25) is 0 Å². The predicted octanol–water partition coefficient (Wildman–Crippen LogP) is 2.07. The van der Waals surface area contributed by atoms with Crippen LogP contribution in [-0.4, -0.2) is 37.1 Å². The van der Waals surface area contributed by atoms with Crippen molar-refractivity contribution in [3.05, 3.63) is 42.0 Å². The third-order valence-electron chi connectivity index (χ3n) is 3.58. The van der Waals surface area contributed by atoms with Gasteiger partial charge in [-0.25, -0.2) is 4.98 Å². The maximum absolute atomic E-state index is 12.1. The predicted molar refractivity (Wildman–Crippen MR) is 88.0 cm³/mol. The Morgan fingerprint density at radius 2 is 2.09 bits per heavy atom. The number of piperazine rings is 1. The maximum atomic E-state index is 12.1. The number of hydrogen-bond acceptors (Lipinski definition) is 5. The number of furan rings is 1. The van der Waals surface area contributed by atoms with Gasteiger partial charge < -0.3 is 20.0 Å². The zero-order valence-electron chi connectivity index (χ0n) is 12.3. The number of pyridine rings is 1. The molecular weight excluding hydrogens is 304 g/mol. The van der Waals surface area contributed by atoms with E-state index < -0.39 is 0 Å². The van der Waals surface area contributed by atoms with Crippen molar-refractivity contribution in [1.82, 2.24) is 10.3 Å². The minimum atomic E-state index is -0.205. The number of nitrogens with one attached hydrogen (secondary N) is 2. The number of halogens is 1. The summed E-state index contributed by atoms with van der Waals surface area (Å²) in [5, 5.41) is 6.09. The van der Waals surface area contributed by atoms with Crippen LogP contribution in [-0.2, 0) is 0 Å². The molecule has 1 saturated heterocycles. The van der Waals surface area contributed by atoms with E-state index >= 15 is 0 Å². The monoisotopic (exact) mass is 322 g/mol. The second kappa shape index (κ2) is 7.29. The molecule has 0 atom stereocenters. The third kappa shape index (κ3) is 3.58. The van der Waals surface area contributed by atoms with Gasteiger partial charge in [0.2, 0.25) is 0 Å². The van der Waals surface area contributed by atoms with Crippen LogP contribution in [0, 0.1) is 6.92 Å². The molecule has 2 aromatic rings. The first-order chi connectivity index (χ1) is 10.2. The van der Waals surface area contributed by atoms with E-state index in [9.17, 15) is 4.79 Å². The summed E-state index contributed by atoms with van der Waals surface area (Å²) in [5.74, 6) is 0.938. The average molecular weight is 323 g/mol. The second-order valence-corrected chi connectivity index (χ2v) is 4.98. The number of aromatic nitrogens is 1. The van der Waals surface area contributed by atoms with E-state index in [-0.39, 0.29) is 18.3 Å². The van der Waals surface area contributed by atoms with Gasteiger partial charge in [-0.3, -0.25) is 4.79 Å². The van der Waals surface area contributed by atoms with Gasteiger partial charge in [0, 0.05) is 26.2 Å². The molecule has 1 aliphatic rings. The molecule has 1 fully saturated rings. The minimum Gasteiger partial charge on any atom is -0.469 e. The van der Waals surface area contributed by atoms with Gasteiger partial charge in [0.25, 0.3) is 5.91 Å². The summed E-state index contributed by atoms with van der Waals surface area (Å²) < 4.78 is 5.13. The van der Waals surface area contributed by atoms with Gasteiger partial charge in [0.1, 0.15) is 11.6 Å². The Morgan fingerprint density at radius 3 is 2.68 bits per heavy atom. The number of rotatable bonds is 3. The molecule has 0 aromatic carbocycles. The molecule has 0 bridgehead atoms. The second-order valence-electron chi connectivity index (χ2n) is 4.98. The number of amides is 1. The molecule has 0 saturated carbocycles. The van der Waals surface area contributed by atoms with Crippen molar-refractivity contribution < 1.29 is 9.21 Å². The summed E-state index contributed by atoms with van der Waals surface area (Å²) in [6.45, 7) is 5.68. The number of carbonyl (C=O) groups excluding carboxylic acids is 1. The zero-order valence-corrected chi connectivity index (χ0v) is 13.2. The lowest BCUT2D eigenvalue weighted by molar-refractivity contribution is 0.102. The molecule has 0 unspecified atom stereocenters. The van der Waals surface area contributed by atoms with E-state index in [1.165, 1.54) is 6.26 Å². The van der Waals surface area contributed by atoms with Crippen molar-refractivity contribution in [1.29, 1.82) is 0 Å². The quantitative estimate of drug-likeness (QED) is 0.905. The summed E-state index contributed by atoms with van der Waals surface area (Å²) in [7, 11) is 0. The van der Waals surface area contributed by atoms with Crippen LogP contribution in [0.25, 0.3) is 0 Å². The number of nitrogens with zero attached hydrogens (tertiary/aromatic N) is 2. The highest BCUT2D eigenvalue weighted by Crippen LogP contribution is 2.17. The van der Waals surface area contributed by atoms with Gasteiger partial charge in [0.15, 0.2) is 0 Å². The molecule has 0 aliphatic carbocycles. The number of carbonyl (C=O) groups is 1. The molecule has 3 heterocycles. The molecule has 6 nitrogen and oxygen atoms in total. The summed E-state index contributed by atoms with van der Waals surface area (Å²) in [5.41, 5.74) is 1.61. The normalized spacial score (nSPS) is 14.3. The Balaban J connectivity index is 0.00000176. The van der Waals surface area contributed by atoms with Crippen LogP contribution in [0.4, 0.5) is 11.5 Å². The van der Waals surface area contributed by atoms with Crippen molar-refractivity contribution in [2.75, 3.05) is 36.4 Å². The highest BCUT2D eigenvalue weighted by atomic mass is 35.5. The summed E-state index contributed by atoms with van der Waals surface area (Å²) in [6.07, 6.45) is 3.30. The van der Waals surface area contributed by atoms with Crippen LogP contribution in [0.3, 0.4) is 0 Å². The van der Waals surface area contributed by atoms with Crippen LogP contribution >= 0.6 is 12.4 Å². The lowest BCUT2D eigenvalue weighted by atomic mass is 10.2. The van der Waals surface area contributed by atoms with Gasteiger partial charge in [-0.1, -0.05) is 0 Å². The molecule has 1 amide bonds. The van der Waals surface area contributed by atoms with Crippen LogP contribution < -0.4 is 15.5 Å². The van der Waals surface area contributed by atoms with Crippen LogP contribution in [0.15, 0.2) is 35.1 Å². The van der Waals surface area contributed by atoms with Crippen LogP contribution in [0.5, 0.6) is 0 Å². The zero-order chi connectivity index (χ0) is 14.7. The molecule has 3 rings (SSSR count). The van der Waals surface area contributed by atoms with Crippen molar-refractivity contribution >= 4 is 29.8 Å². The molecular formula is C15H19ClN4O2. The van der Waals surface area contributed by atoms with Crippen molar-refractivity contribution in [3.63, 3.8) is 0 Å². The van der Waals surface area contributed by atoms with Crippen molar-refractivity contribution in [2.24, 2.45) is 0 Å². The van der Waals surface area contributed by atoms with Gasteiger partial charge in [-0.05, 0) is 25.1 Å². The fourth-order valence-electron chi connectivity index (χ4n) is 2.37. The van der Waals surface area contributed by atoms with Crippen LogP contribution in [0.1, 0.15) is 16.1 Å². The Labute approximate surface area is 135 Å². The molecule has 2 N–H and O–H groups in total. The SMILES string of the molecule is Cc1occc1C(=O)Nc1ccc(N2CCNCC2)cn1.Cl. The lowest BCUT2D eigenvalue weighted by Crippen LogP contribution is -2.43. The lowest BCUT2D eigenvalue weighted by Gasteiger charge is -2.29. The molecule has 118 valence electrons. The topological polar surface area (TPSA) is 70.4 Å². The summed E-state index contributed by atoms with van der Waals surface area (Å²) >= 11 is 0. The van der Waals surface area contributed by atoms with Gasteiger partial charge in [0.05, 0.1) is 23.7 Å². The molecule has 0 radical (unpaired) electrons. The highest BCUT2D eigenvalue weighted by Gasteiger charge is 2.13. The van der Waals surface area contributed by atoms with E-state index in [2.05, 4.69) is 20.5 Å². The Kier molecular flexibility index (Phi) is 5.41. The largest absolute Gasteiger partial charge is 0.469 e. The van der Waals surface area contributed by atoms with E-state index in [0.717, 1.165) is 31.9 Å². The molecule has 22 heavy (non-hydrogen) atoms.